The van der Waals surface area contributed by atoms with Crippen molar-refractivity contribution in [3.63, 3.8) is 0 Å². The maximum absolute atomic E-state index is 5.69. The minimum atomic E-state index is 0.635. The highest BCUT2D eigenvalue weighted by molar-refractivity contribution is 9.10. The van der Waals surface area contributed by atoms with E-state index in [2.05, 4.69) is 63.2 Å². The third-order valence-corrected chi connectivity index (χ3v) is 3.97. The first-order valence-electron chi connectivity index (χ1n) is 6.45. The Labute approximate surface area is 136 Å². The molecule has 0 atom stereocenters. The van der Waals surface area contributed by atoms with Crippen LogP contribution in [0, 0.1) is 13.8 Å². The Kier molecular flexibility index (Phi) is 5.49. The van der Waals surface area contributed by atoms with Crippen molar-refractivity contribution in [2.45, 2.75) is 13.8 Å². The minimum absolute atomic E-state index is 0.635. The molecule has 4 heteroatoms. The Morgan fingerprint density at radius 1 is 0.950 bits per heavy atom. The summed E-state index contributed by atoms with van der Waals surface area (Å²) in [5, 5.41) is 3.43. The van der Waals surface area contributed by atoms with Crippen LogP contribution in [-0.2, 0) is 0 Å². The van der Waals surface area contributed by atoms with Crippen molar-refractivity contribution in [3.05, 3.63) is 56.5 Å². The summed E-state index contributed by atoms with van der Waals surface area (Å²) in [6.07, 6.45) is 0. The smallest absolute Gasteiger partial charge is 0.119 e. The van der Waals surface area contributed by atoms with Gasteiger partial charge in [-0.2, -0.15) is 0 Å². The first kappa shape index (κ1) is 15.4. The Hall–Kier alpha value is -1.000. The van der Waals surface area contributed by atoms with E-state index in [0.29, 0.717) is 6.61 Å². The van der Waals surface area contributed by atoms with E-state index in [1.165, 1.54) is 16.8 Å². The van der Waals surface area contributed by atoms with Crippen LogP contribution in [0.1, 0.15) is 11.1 Å². The summed E-state index contributed by atoms with van der Waals surface area (Å²) in [5.74, 6) is 0.888. The van der Waals surface area contributed by atoms with E-state index < -0.39 is 0 Å². The van der Waals surface area contributed by atoms with Gasteiger partial charge in [-0.3, -0.25) is 0 Å². The van der Waals surface area contributed by atoms with Gasteiger partial charge in [-0.15, -0.1) is 0 Å². The van der Waals surface area contributed by atoms with Crippen molar-refractivity contribution in [1.82, 2.24) is 0 Å². The third-order valence-electron chi connectivity index (χ3n) is 2.98. The van der Waals surface area contributed by atoms with Gasteiger partial charge in [0.2, 0.25) is 0 Å². The SMILES string of the molecule is Cc1cc(Br)cc(C)c1NCCOc1ccc(Br)cc1. The van der Waals surface area contributed by atoms with Crippen LogP contribution in [0.4, 0.5) is 5.69 Å². The summed E-state index contributed by atoms with van der Waals surface area (Å²) in [4.78, 5) is 0. The summed E-state index contributed by atoms with van der Waals surface area (Å²) < 4.78 is 7.87. The van der Waals surface area contributed by atoms with Crippen LogP contribution < -0.4 is 10.1 Å². The third kappa shape index (κ3) is 4.25. The number of hydrogen-bond donors (Lipinski definition) is 1. The maximum atomic E-state index is 5.69. The average Bonchev–Trinajstić information content (AvgIpc) is 2.39. The topological polar surface area (TPSA) is 21.3 Å². The molecule has 0 spiro atoms. The number of halogens is 2. The fourth-order valence-electron chi connectivity index (χ4n) is 2.07. The summed E-state index contributed by atoms with van der Waals surface area (Å²) >= 11 is 6.92. The molecule has 0 saturated heterocycles. The quantitative estimate of drug-likeness (QED) is 0.688. The van der Waals surface area contributed by atoms with Crippen LogP contribution in [0.2, 0.25) is 0 Å². The predicted octanol–water partition coefficient (Wildman–Crippen LogP) is 5.32. The van der Waals surface area contributed by atoms with Gasteiger partial charge in [0.25, 0.3) is 0 Å². The number of anilines is 1. The Morgan fingerprint density at radius 2 is 1.55 bits per heavy atom. The lowest BCUT2D eigenvalue weighted by atomic mass is 10.1. The average molecular weight is 399 g/mol. The van der Waals surface area contributed by atoms with Gasteiger partial charge >= 0.3 is 0 Å². The standard InChI is InChI=1S/C16H17Br2NO/c1-11-9-14(18)10-12(2)16(11)19-7-8-20-15-5-3-13(17)4-6-15/h3-6,9-10,19H,7-8H2,1-2H3. The van der Waals surface area contributed by atoms with Crippen LogP contribution >= 0.6 is 31.9 Å². The second-order valence-electron chi connectivity index (χ2n) is 4.64. The van der Waals surface area contributed by atoms with Crippen LogP contribution in [0.25, 0.3) is 0 Å². The molecule has 0 saturated carbocycles. The number of hydrogen-bond acceptors (Lipinski definition) is 2. The first-order chi connectivity index (χ1) is 9.56. The molecule has 0 bridgehead atoms. The van der Waals surface area contributed by atoms with Gasteiger partial charge in [0.15, 0.2) is 0 Å². The normalized spacial score (nSPS) is 10.4. The molecule has 0 aliphatic carbocycles. The van der Waals surface area contributed by atoms with Crippen molar-refractivity contribution in [3.8, 4) is 5.75 Å². The van der Waals surface area contributed by atoms with E-state index in [1.807, 2.05) is 24.3 Å². The van der Waals surface area contributed by atoms with Gasteiger partial charge in [0.1, 0.15) is 12.4 Å². The van der Waals surface area contributed by atoms with Gasteiger partial charge in [-0.25, -0.2) is 0 Å². The molecule has 0 unspecified atom stereocenters. The second-order valence-corrected chi connectivity index (χ2v) is 6.48. The molecule has 0 fully saturated rings. The highest BCUT2D eigenvalue weighted by Crippen LogP contribution is 2.24. The van der Waals surface area contributed by atoms with E-state index in [4.69, 9.17) is 4.74 Å². The first-order valence-corrected chi connectivity index (χ1v) is 8.04. The number of benzene rings is 2. The maximum Gasteiger partial charge on any atom is 0.119 e. The Bertz CT molecular complexity index is 559. The molecule has 2 nitrogen and oxygen atoms in total. The van der Waals surface area contributed by atoms with Crippen molar-refractivity contribution >= 4 is 37.5 Å². The molecule has 20 heavy (non-hydrogen) atoms. The molecular formula is C16H17Br2NO. The second kappa shape index (κ2) is 7.14. The van der Waals surface area contributed by atoms with Gasteiger partial charge in [-0.1, -0.05) is 31.9 Å². The summed E-state index contributed by atoms with van der Waals surface area (Å²) in [6, 6.07) is 12.1. The van der Waals surface area contributed by atoms with Crippen molar-refractivity contribution in [2.75, 3.05) is 18.5 Å². The molecular weight excluding hydrogens is 382 g/mol. The van der Waals surface area contributed by atoms with E-state index in [9.17, 15) is 0 Å². The minimum Gasteiger partial charge on any atom is -0.492 e. The molecule has 2 aromatic rings. The van der Waals surface area contributed by atoms with E-state index in [-0.39, 0.29) is 0 Å². The molecule has 2 aromatic carbocycles. The summed E-state index contributed by atoms with van der Waals surface area (Å²) in [6.45, 7) is 5.63. The van der Waals surface area contributed by atoms with Gasteiger partial charge < -0.3 is 10.1 Å². The van der Waals surface area contributed by atoms with Crippen LogP contribution in [-0.4, -0.2) is 13.2 Å². The molecule has 0 radical (unpaired) electrons. The molecule has 0 aromatic heterocycles. The van der Waals surface area contributed by atoms with Crippen LogP contribution in [0.15, 0.2) is 45.3 Å². The molecule has 0 amide bonds. The lowest BCUT2D eigenvalue weighted by molar-refractivity contribution is 0.333. The molecule has 0 heterocycles. The fraction of sp³-hybridized carbons (Fsp3) is 0.250. The predicted molar refractivity (Wildman–Crippen MR) is 91.7 cm³/mol. The molecule has 106 valence electrons. The zero-order chi connectivity index (χ0) is 14.5. The molecule has 0 aliphatic rings. The molecule has 1 N–H and O–H groups in total. The number of ether oxygens (including phenoxy) is 1. The largest absolute Gasteiger partial charge is 0.492 e. The highest BCUT2D eigenvalue weighted by atomic mass is 79.9. The van der Waals surface area contributed by atoms with Crippen molar-refractivity contribution in [2.24, 2.45) is 0 Å². The fourth-order valence-corrected chi connectivity index (χ4v) is 3.02. The highest BCUT2D eigenvalue weighted by Gasteiger charge is 2.03. The van der Waals surface area contributed by atoms with E-state index >= 15 is 0 Å². The van der Waals surface area contributed by atoms with E-state index in [1.54, 1.807) is 0 Å². The molecule has 0 aliphatic heterocycles. The number of rotatable bonds is 5. The molecule has 2 rings (SSSR count). The number of nitrogens with one attached hydrogen (secondary N) is 1. The lowest BCUT2D eigenvalue weighted by Crippen LogP contribution is -2.13. The Balaban J connectivity index is 1.86. The van der Waals surface area contributed by atoms with Gasteiger partial charge in [0.05, 0.1) is 0 Å². The Morgan fingerprint density at radius 3 is 2.15 bits per heavy atom. The van der Waals surface area contributed by atoms with Crippen molar-refractivity contribution < 1.29 is 4.74 Å². The van der Waals surface area contributed by atoms with Gasteiger partial charge in [0, 0.05) is 21.2 Å². The van der Waals surface area contributed by atoms with Crippen LogP contribution in [0.5, 0.6) is 5.75 Å². The summed E-state index contributed by atoms with van der Waals surface area (Å²) in [5.41, 5.74) is 3.66. The number of aryl methyl sites for hydroxylation is 2. The monoisotopic (exact) mass is 397 g/mol. The zero-order valence-electron chi connectivity index (χ0n) is 11.5. The van der Waals surface area contributed by atoms with Gasteiger partial charge in [-0.05, 0) is 61.4 Å². The van der Waals surface area contributed by atoms with Crippen molar-refractivity contribution in [1.29, 1.82) is 0 Å². The summed E-state index contributed by atoms with van der Waals surface area (Å²) in [7, 11) is 0. The van der Waals surface area contributed by atoms with E-state index in [0.717, 1.165) is 21.2 Å². The zero-order valence-corrected chi connectivity index (χ0v) is 14.7. The lowest BCUT2D eigenvalue weighted by Gasteiger charge is -2.14. The van der Waals surface area contributed by atoms with Crippen LogP contribution in [0.3, 0.4) is 0 Å².